The summed E-state index contributed by atoms with van der Waals surface area (Å²) in [6.45, 7) is 0. The summed E-state index contributed by atoms with van der Waals surface area (Å²) in [4.78, 5) is 50.9. The lowest BCUT2D eigenvalue weighted by molar-refractivity contribution is -0.166. The van der Waals surface area contributed by atoms with Crippen LogP contribution in [0.15, 0.2) is 72.8 Å². The lowest BCUT2D eigenvalue weighted by Gasteiger charge is -2.22. The third-order valence-corrected chi connectivity index (χ3v) is 8.04. The Balaban J connectivity index is 1.47. The second kappa shape index (κ2) is 14.8. The number of aromatic hydroxyl groups is 7. The number of ether oxygens (including phenoxy) is 3. The first kappa shape index (κ1) is 36.2. The van der Waals surface area contributed by atoms with Crippen LogP contribution in [0.2, 0.25) is 0 Å². The van der Waals surface area contributed by atoms with Gasteiger partial charge in [-0.3, -0.25) is 4.79 Å². The molecule has 16 heteroatoms. The Morgan fingerprint density at radius 2 is 1.13 bits per heavy atom. The molecule has 4 atom stereocenters. The molecule has 0 saturated carbocycles. The summed E-state index contributed by atoms with van der Waals surface area (Å²) in [7, 11) is 0. The van der Waals surface area contributed by atoms with E-state index in [-0.39, 0.29) is 40.0 Å². The van der Waals surface area contributed by atoms with E-state index in [2.05, 4.69) is 0 Å². The number of hydrogen-bond acceptors (Lipinski definition) is 14. The molecule has 0 saturated heterocycles. The molecule has 0 bridgehead atoms. The highest BCUT2D eigenvalue weighted by Crippen LogP contribution is 2.53. The van der Waals surface area contributed by atoms with Crippen molar-refractivity contribution in [2.45, 2.75) is 37.1 Å². The maximum Gasteiger partial charge on any atom is 0.345 e. The lowest BCUT2D eigenvalue weighted by Crippen LogP contribution is -2.33. The number of phenolic OH excluding ortho intramolecular Hbond substituents is 7. The van der Waals surface area contributed by atoms with Crippen molar-refractivity contribution in [3.8, 4) is 46.0 Å². The van der Waals surface area contributed by atoms with Crippen LogP contribution in [0.4, 0.5) is 0 Å². The van der Waals surface area contributed by atoms with Gasteiger partial charge in [-0.15, -0.1) is 0 Å². The van der Waals surface area contributed by atoms with Gasteiger partial charge in [-0.2, -0.15) is 0 Å². The molecule has 1 heterocycles. The largest absolute Gasteiger partial charge is 0.504 e. The van der Waals surface area contributed by atoms with Gasteiger partial charge >= 0.3 is 23.9 Å². The monoisotopic (exact) mass is 718 g/mol. The number of rotatable bonds is 12. The van der Waals surface area contributed by atoms with Gasteiger partial charge in [-0.05, 0) is 70.8 Å². The van der Waals surface area contributed by atoms with Gasteiger partial charge in [-0.25, -0.2) is 14.4 Å². The Labute approximate surface area is 292 Å². The fourth-order valence-corrected chi connectivity index (χ4v) is 5.49. The Morgan fingerprint density at radius 3 is 1.65 bits per heavy atom. The van der Waals surface area contributed by atoms with E-state index in [0.29, 0.717) is 0 Å². The maximum absolute atomic E-state index is 13.9. The highest BCUT2D eigenvalue weighted by molar-refractivity contribution is 5.92. The van der Waals surface area contributed by atoms with Gasteiger partial charge in [0.15, 0.2) is 46.0 Å². The first-order valence-corrected chi connectivity index (χ1v) is 15.2. The average molecular weight is 719 g/mol. The molecular formula is C36H30O16. The molecule has 5 rings (SSSR count). The molecule has 52 heavy (non-hydrogen) atoms. The van der Waals surface area contributed by atoms with E-state index in [1.807, 2.05) is 0 Å². The van der Waals surface area contributed by atoms with E-state index in [9.17, 15) is 65.1 Å². The van der Waals surface area contributed by atoms with Crippen LogP contribution in [0.3, 0.4) is 0 Å². The minimum atomic E-state index is -1.84. The van der Waals surface area contributed by atoms with Gasteiger partial charge in [0.1, 0.15) is 12.0 Å². The molecule has 4 aromatic carbocycles. The van der Waals surface area contributed by atoms with E-state index in [0.717, 1.165) is 54.6 Å². The molecule has 0 unspecified atom stereocenters. The summed E-state index contributed by atoms with van der Waals surface area (Å²) in [5.41, 5.74) is 0.445. The number of esters is 2. The summed E-state index contributed by atoms with van der Waals surface area (Å²) in [6, 6.07) is 13.0. The second-order valence-corrected chi connectivity index (χ2v) is 11.6. The second-order valence-electron chi connectivity index (χ2n) is 11.6. The molecule has 0 spiro atoms. The number of carbonyl (C=O) groups is 4. The first-order valence-electron chi connectivity index (χ1n) is 15.2. The van der Waals surface area contributed by atoms with Gasteiger partial charge < -0.3 is 60.2 Å². The zero-order chi connectivity index (χ0) is 37.9. The quantitative estimate of drug-likeness (QED) is 0.0577. The molecular weight excluding hydrogens is 688 g/mol. The van der Waals surface area contributed by atoms with E-state index >= 15 is 0 Å². The minimum Gasteiger partial charge on any atom is -0.504 e. The van der Waals surface area contributed by atoms with Gasteiger partial charge in [-0.1, -0.05) is 24.3 Å². The Morgan fingerprint density at radius 1 is 0.635 bits per heavy atom. The molecule has 0 radical (unpaired) electrons. The predicted octanol–water partition coefficient (Wildman–Crippen LogP) is 3.33. The van der Waals surface area contributed by atoms with Gasteiger partial charge in [0.05, 0.1) is 0 Å². The highest BCUT2D eigenvalue weighted by atomic mass is 16.6. The van der Waals surface area contributed by atoms with Crippen LogP contribution < -0.4 is 4.74 Å². The van der Waals surface area contributed by atoms with Crippen molar-refractivity contribution in [1.29, 1.82) is 0 Å². The number of carboxylic acid groups (broad SMARTS) is 2. The summed E-state index contributed by atoms with van der Waals surface area (Å²) in [5.74, 6) is -10.8. The van der Waals surface area contributed by atoms with E-state index < -0.39 is 94.8 Å². The summed E-state index contributed by atoms with van der Waals surface area (Å²) in [5, 5.41) is 89.1. The van der Waals surface area contributed by atoms with Crippen LogP contribution in [0, 0.1) is 0 Å². The average Bonchev–Trinajstić information content (AvgIpc) is 3.50. The Bertz CT molecular complexity index is 2090. The molecule has 0 aliphatic carbocycles. The third kappa shape index (κ3) is 7.86. The molecule has 1 aliphatic heterocycles. The van der Waals surface area contributed by atoms with Gasteiger partial charge in [0, 0.05) is 24.5 Å². The van der Waals surface area contributed by atoms with Crippen molar-refractivity contribution in [1.82, 2.24) is 0 Å². The van der Waals surface area contributed by atoms with Crippen LogP contribution in [0.5, 0.6) is 46.0 Å². The number of benzene rings is 4. The van der Waals surface area contributed by atoms with Crippen LogP contribution in [0.25, 0.3) is 6.08 Å². The van der Waals surface area contributed by atoms with Crippen molar-refractivity contribution in [3.63, 3.8) is 0 Å². The molecule has 0 aromatic heterocycles. The predicted molar refractivity (Wildman–Crippen MR) is 175 cm³/mol. The highest BCUT2D eigenvalue weighted by Gasteiger charge is 2.46. The molecule has 0 fully saturated rings. The number of phenols is 7. The minimum absolute atomic E-state index is 0.0443. The fraction of sp³-hybridized carbons (Fsp3) is 0.167. The van der Waals surface area contributed by atoms with Crippen molar-refractivity contribution in [3.05, 3.63) is 101 Å². The van der Waals surface area contributed by atoms with Gasteiger partial charge in [0.2, 0.25) is 12.2 Å². The first-order chi connectivity index (χ1) is 24.6. The molecule has 4 aromatic rings. The summed E-state index contributed by atoms with van der Waals surface area (Å²) >= 11 is 0. The number of carbonyl (C=O) groups excluding carboxylic acids is 2. The Hall–Kier alpha value is -7.10. The van der Waals surface area contributed by atoms with E-state index in [4.69, 9.17) is 14.2 Å². The van der Waals surface area contributed by atoms with Crippen molar-refractivity contribution in [2.24, 2.45) is 0 Å². The van der Waals surface area contributed by atoms with Crippen LogP contribution >= 0.6 is 0 Å². The van der Waals surface area contributed by atoms with Crippen molar-refractivity contribution < 1.29 is 79.3 Å². The zero-order valence-corrected chi connectivity index (χ0v) is 26.6. The van der Waals surface area contributed by atoms with Crippen molar-refractivity contribution >= 4 is 30.0 Å². The smallest absolute Gasteiger partial charge is 0.345 e. The van der Waals surface area contributed by atoms with E-state index in [1.165, 1.54) is 24.3 Å². The van der Waals surface area contributed by atoms with Crippen molar-refractivity contribution in [2.75, 3.05) is 0 Å². The van der Waals surface area contributed by atoms with E-state index in [1.54, 1.807) is 0 Å². The number of hydrogen-bond donors (Lipinski definition) is 9. The van der Waals surface area contributed by atoms with Crippen LogP contribution in [0.1, 0.15) is 39.8 Å². The molecule has 16 nitrogen and oxygen atoms in total. The van der Waals surface area contributed by atoms with Crippen LogP contribution in [-0.2, 0) is 41.5 Å². The lowest BCUT2D eigenvalue weighted by atomic mass is 9.87. The SMILES string of the molecule is O=C(C=Cc1ccc(O)c2c1[C@H](C(=O)O[C@@H](Cc1ccc(O)c(O)c1)C(=O)O)[C@@H](c1ccc(O)c(O)c1)O2)O[C@H](Cc1ccc(O)c(O)c1)C(=O)O. The van der Waals surface area contributed by atoms with Crippen LogP contribution in [-0.4, -0.2) is 82.0 Å². The number of carboxylic acids is 2. The topological polar surface area (TPSA) is 278 Å². The third-order valence-electron chi connectivity index (χ3n) is 8.04. The zero-order valence-electron chi connectivity index (χ0n) is 26.6. The summed E-state index contributed by atoms with van der Waals surface area (Å²) < 4.78 is 16.5. The summed E-state index contributed by atoms with van der Waals surface area (Å²) in [6.07, 6.45) is -3.85. The van der Waals surface area contributed by atoms with Gasteiger partial charge in [0.25, 0.3) is 0 Å². The Kier molecular flexibility index (Phi) is 10.3. The maximum atomic E-state index is 13.9. The fourth-order valence-electron chi connectivity index (χ4n) is 5.49. The number of fused-ring (bicyclic) bond motifs is 1. The normalized spacial score (nSPS) is 16.0. The molecule has 9 N–H and O–H groups in total. The molecule has 270 valence electrons. The molecule has 1 aliphatic rings. The molecule has 0 amide bonds. The standard InChI is InChI=1S/C36H30O16/c37-20-6-1-16(11-24(20)41)13-27(34(45)46)50-29(44)10-5-18-3-9-23(40)33-30(18)31(32(52-33)19-4-8-22(39)26(43)15-19)36(49)51-28(35(47)48)14-17-2-7-21(38)25(42)12-17/h1-12,15,27-28,31-32,37-43H,13-14H2,(H,45,46)(H,47,48)/t27-,28+,31+,32-/m1/s1. The number of aliphatic carboxylic acids is 2.